The molecule has 2 aromatic rings. The van der Waals surface area contributed by atoms with Gasteiger partial charge in [-0.25, -0.2) is 4.98 Å². The van der Waals surface area contributed by atoms with Crippen LogP contribution in [0.25, 0.3) is 11.3 Å². The Balaban J connectivity index is 2.44. The summed E-state index contributed by atoms with van der Waals surface area (Å²) in [6.07, 6.45) is 1.02. The summed E-state index contributed by atoms with van der Waals surface area (Å²) in [5, 5.41) is 3.36. The van der Waals surface area contributed by atoms with Gasteiger partial charge in [0.25, 0.3) is 0 Å². The molecule has 0 amide bonds. The van der Waals surface area contributed by atoms with Crippen molar-refractivity contribution >= 4 is 11.3 Å². The molecule has 1 aromatic heterocycles. The Labute approximate surface area is 94.8 Å². The molecule has 0 radical (unpaired) electrons. The SMILES string of the molecule is CCc1nc(-c2ccc(C)cc2C)cs1. The third-order valence-corrected chi connectivity index (χ3v) is 3.51. The van der Waals surface area contributed by atoms with E-state index in [1.807, 2.05) is 0 Å². The van der Waals surface area contributed by atoms with Crippen molar-refractivity contribution in [3.05, 3.63) is 39.7 Å². The van der Waals surface area contributed by atoms with Gasteiger partial charge in [-0.3, -0.25) is 0 Å². The molecule has 0 fully saturated rings. The minimum Gasteiger partial charge on any atom is -0.241 e. The Kier molecular flexibility index (Phi) is 2.87. The maximum Gasteiger partial charge on any atom is 0.0929 e. The van der Waals surface area contributed by atoms with Gasteiger partial charge in [-0.05, 0) is 25.8 Å². The van der Waals surface area contributed by atoms with Crippen molar-refractivity contribution in [3.63, 3.8) is 0 Å². The van der Waals surface area contributed by atoms with Gasteiger partial charge in [0.1, 0.15) is 0 Å². The van der Waals surface area contributed by atoms with Crippen molar-refractivity contribution in [3.8, 4) is 11.3 Å². The van der Waals surface area contributed by atoms with Crippen LogP contribution in [0.4, 0.5) is 0 Å². The number of aromatic nitrogens is 1. The summed E-state index contributed by atoms with van der Waals surface area (Å²) in [5.74, 6) is 0. The van der Waals surface area contributed by atoms with E-state index in [1.165, 1.54) is 21.7 Å². The summed E-state index contributed by atoms with van der Waals surface area (Å²) < 4.78 is 0. The molecule has 0 aliphatic carbocycles. The van der Waals surface area contributed by atoms with Crippen LogP contribution in [0.1, 0.15) is 23.1 Å². The van der Waals surface area contributed by atoms with Crippen LogP contribution in [0.15, 0.2) is 23.6 Å². The largest absolute Gasteiger partial charge is 0.241 e. The number of hydrogen-bond acceptors (Lipinski definition) is 2. The van der Waals surface area contributed by atoms with Crippen molar-refractivity contribution < 1.29 is 0 Å². The molecule has 0 atom stereocenters. The maximum absolute atomic E-state index is 4.61. The normalized spacial score (nSPS) is 10.6. The molecule has 2 heteroatoms. The Morgan fingerprint density at radius 3 is 2.67 bits per heavy atom. The quantitative estimate of drug-likeness (QED) is 0.741. The Hall–Kier alpha value is -1.15. The van der Waals surface area contributed by atoms with Crippen LogP contribution in [0.2, 0.25) is 0 Å². The zero-order valence-corrected chi connectivity index (χ0v) is 10.2. The maximum atomic E-state index is 4.61. The molecule has 0 N–H and O–H groups in total. The Morgan fingerprint density at radius 2 is 2.07 bits per heavy atom. The Bertz CT molecular complexity index is 471. The standard InChI is InChI=1S/C13H15NS/c1-4-13-14-12(8-15-13)11-6-5-9(2)7-10(11)3/h5-8H,4H2,1-3H3. The smallest absolute Gasteiger partial charge is 0.0929 e. The molecule has 0 spiro atoms. The van der Waals surface area contributed by atoms with Crippen LogP contribution in [-0.4, -0.2) is 4.98 Å². The van der Waals surface area contributed by atoms with Gasteiger partial charge in [0.15, 0.2) is 0 Å². The lowest BCUT2D eigenvalue weighted by Gasteiger charge is -2.03. The first-order valence-corrected chi connectivity index (χ1v) is 6.10. The van der Waals surface area contributed by atoms with Gasteiger partial charge in [-0.1, -0.05) is 30.7 Å². The van der Waals surface area contributed by atoms with E-state index in [9.17, 15) is 0 Å². The van der Waals surface area contributed by atoms with Gasteiger partial charge >= 0.3 is 0 Å². The minimum absolute atomic E-state index is 1.02. The van der Waals surface area contributed by atoms with E-state index >= 15 is 0 Å². The number of rotatable bonds is 2. The van der Waals surface area contributed by atoms with E-state index in [4.69, 9.17) is 0 Å². The molecule has 2 rings (SSSR count). The third kappa shape index (κ3) is 2.10. The fourth-order valence-electron chi connectivity index (χ4n) is 1.70. The molecular formula is C13H15NS. The summed E-state index contributed by atoms with van der Waals surface area (Å²) in [6.45, 7) is 6.41. The number of aryl methyl sites for hydroxylation is 3. The van der Waals surface area contributed by atoms with E-state index in [0.29, 0.717) is 0 Å². The second kappa shape index (κ2) is 4.15. The number of benzene rings is 1. The third-order valence-electron chi connectivity index (χ3n) is 2.51. The molecule has 0 unspecified atom stereocenters. The van der Waals surface area contributed by atoms with Gasteiger partial charge in [0.05, 0.1) is 10.7 Å². The van der Waals surface area contributed by atoms with Crippen molar-refractivity contribution in [2.24, 2.45) is 0 Å². The molecule has 15 heavy (non-hydrogen) atoms. The molecule has 1 heterocycles. The van der Waals surface area contributed by atoms with Crippen molar-refractivity contribution in [1.29, 1.82) is 0 Å². The molecule has 0 aliphatic rings. The molecule has 78 valence electrons. The number of hydrogen-bond donors (Lipinski definition) is 0. The fraction of sp³-hybridized carbons (Fsp3) is 0.308. The van der Waals surface area contributed by atoms with Crippen molar-refractivity contribution in [1.82, 2.24) is 4.98 Å². The van der Waals surface area contributed by atoms with Crippen LogP contribution in [0.3, 0.4) is 0 Å². The number of thiazole rings is 1. The zero-order valence-electron chi connectivity index (χ0n) is 9.37. The highest BCUT2D eigenvalue weighted by molar-refractivity contribution is 7.09. The average molecular weight is 217 g/mol. The number of nitrogens with zero attached hydrogens (tertiary/aromatic N) is 1. The molecule has 0 saturated heterocycles. The second-order valence-electron chi connectivity index (χ2n) is 3.80. The second-order valence-corrected chi connectivity index (χ2v) is 4.74. The summed E-state index contributed by atoms with van der Waals surface area (Å²) in [7, 11) is 0. The Morgan fingerprint density at radius 1 is 1.27 bits per heavy atom. The molecule has 1 nitrogen and oxygen atoms in total. The van der Waals surface area contributed by atoms with Crippen LogP contribution in [-0.2, 0) is 6.42 Å². The molecule has 0 aliphatic heterocycles. The van der Waals surface area contributed by atoms with Crippen molar-refractivity contribution in [2.75, 3.05) is 0 Å². The van der Waals surface area contributed by atoms with E-state index in [1.54, 1.807) is 11.3 Å². The zero-order chi connectivity index (χ0) is 10.8. The van der Waals surface area contributed by atoms with Gasteiger partial charge in [-0.15, -0.1) is 11.3 Å². The van der Waals surface area contributed by atoms with Crippen LogP contribution < -0.4 is 0 Å². The highest BCUT2D eigenvalue weighted by Gasteiger charge is 2.05. The summed E-state index contributed by atoms with van der Waals surface area (Å²) in [4.78, 5) is 4.61. The monoisotopic (exact) mass is 217 g/mol. The van der Waals surface area contributed by atoms with Gasteiger partial charge in [-0.2, -0.15) is 0 Å². The highest BCUT2D eigenvalue weighted by Crippen LogP contribution is 2.25. The summed E-state index contributed by atoms with van der Waals surface area (Å²) >= 11 is 1.75. The van der Waals surface area contributed by atoms with Crippen molar-refractivity contribution in [2.45, 2.75) is 27.2 Å². The first kappa shape index (κ1) is 10.4. The van der Waals surface area contributed by atoms with E-state index in [0.717, 1.165) is 12.1 Å². The lowest BCUT2D eigenvalue weighted by atomic mass is 10.0. The van der Waals surface area contributed by atoms with Crippen LogP contribution in [0.5, 0.6) is 0 Å². The highest BCUT2D eigenvalue weighted by atomic mass is 32.1. The average Bonchev–Trinajstić information content (AvgIpc) is 2.66. The lowest BCUT2D eigenvalue weighted by molar-refractivity contribution is 1.09. The molecule has 1 aromatic carbocycles. The van der Waals surface area contributed by atoms with E-state index in [2.05, 4.69) is 49.3 Å². The first-order valence-electron chi connectivity index (χ1n) is 5.22. The first-order chi connectivity index (χ1) is 7.20. The molecule has 0 saturated carbocycles. The van der Waals surface area contributed by atoms with Gasteiger partial charge in [0, 0.05) is 10.9 Å². The fourth-order valence-corrected chi connectivity index (χ4v) is 2.44. The predicted molar refractivity (Wildman–Crippen MR) is 66.4 cm³/mol. The molecule has 0 bridgehead atoms. The topological polar surface area (TPSA) is 12.9 Å². The van der Waals surface area contributed by atoms with Crippen LogP contribution in [0, 0.1) is 13.8 Å². The van der Waals surface area contributed by atoms with E-state index in [-0.39, 0.29) is 0 Å². The van der Waals surface area contributed by atoms with E-state index < -0.39 is 0 Å². The summed E-state index contributed by atoms with van der Waals surface area (Å²) in [6, 6.07) is 6.52. The predicted octanol–water partition coefficient (Wildman–Crippen LogP) is 3.99. The lowest BCUT2D eigenvalue weighted by Crippen LogP contribution is -1.85. The summed E-state index contributed by atoms with van der Waals surface area (Å²) in [5.41, 5.74) is 5.00. The van der Waals surface area contributed by atoms with Gasteiger partial charge < -0.3 is 0 Å². The minimum atomic E-state index is 1.02. The molecular weight excluding hydrogens is 202 g/mol. The van der Waals surface area contributed by atoms with Gasteiger partial charge in [0.2, 0.25) is 0 Å². The van der Waals surface area contributed by atoms with Crippen LogP contribution >= 0.6 is 11.3 Å².